The third-order valence-electron chi connectivity index (χ3n) is 4.42. The molecule has 6 nitrogen and oxygen atoms in total. The van der Waals surface area contributed by atoms with E-state index in [2.05, 4.69) is 15.3 Å². The largest absolute Gasteiger partial charge is 0.419 e. The standard InChI is InChI=1S/C18H18F4N4O2/c1-26(2)17-23-13(8-14(27)24-17)16(28)25-15(9-3-4-9)10-5-6-11(12(19)7-10)18(20,21)22/h5-9,15H,3-4H2,1-2H3,(H,25,28)(H,23,24,27). The van der Waals surface area contributed by atoms with Crippen molar-refractivity contribution in [1.29, 1.82) is 0 Å². The summed E-state index contributed by atoms with van der Waals surface area (Å²) < 4.78 is 52.3. The van der Waals surface area contributed by atoms with Crippen LogP contribution >= 0.6 is 0 Å². The zero-order valence-corrected chi connectivity index (χ0v) is 15.1. The summed E-state index contributed by atoms with van der Waals surface area (Å²) in [5.74, 6) is -1.89. The lowest BCUT2D eigenvalue weighted by molar-refractivity contribution is -0.140. The molecule has 0 saturated heterocycles. The Morgan fingerprint density at radius 1 is 1.29 bits per heavy atom. The lowest BCUT2D eigenvalue weighted by atomic mass is 10.00. The van der Waals surface area contributed by atoms with Crippen LogP contribution in [0.2, 0.25) is 0 Å². The van der Waals surface area contributed by atoms with Crippen molar-refractivity contribution in [3.8, 4) is 0 Å². The molecular weight excluding hydrogens is 380 g/mol. The fourth-order valence-corrected chi connectivity index (χ4v) is 2.85. The van der Waals surface area contributed by atoms with Crippen molar-refractivity contribution < 1.29 is 22.4 Å². The molecule has 1 unspecified atom stereocenters. The molecule has 1 amide bonds. The first kappa shape index (κ1) is 19.8. The van der Waals surface area contributed by atoms with Gasteiger partial charge in [-0.2, -0.15) is 13.2 Å². The molecule has 10 heteroatoms. The van der Waals surface area contributed by atoms with E-state index in [1.165, 1.54) is 4.90 Å². The van der Waals surface area contributed by atoms with Crippen LogP contribution in [0.4, 0.5) is 23.5 Å². The van der Waals surface area contributed by atoms with Gasteiger partial charge < -0.3 is 10.2 Å². The summed E-state index contributed by atoms with van der Waals surface area (Å²) in [6, 6.07) is 2.98. The Balaban J connectivity index is 1.88. The average Bonchev–Trinajstić information content (AvgIpc) is 3.42. The predicted octanol–water partition coefficient (Wildman–Crippen LogP) is 2.87. The van der Waals surface area contributed by atoms with E-state index in [1.807, 2.05) is 0 Å². The fraction of sp³-hybridized carbons (Fsp3) is 0.389. The van der Waals surface area contributed by atoms with Gasteiger partial charge in [0.2, 0.25) is 5.95 Å². The number of nitrogens with one attached hydrogen (secondary N) is 2. The second-order valence-electron chi connectivity index (χ2n) is 6.87. The number of hydrogen-bond donors (Lipinski definition) is 2. The van der Waals surface area contributed by atoms with Gasteiger partial charge in [0, 0.05) is 20.2 Å². The molecule has 1 saturated carbocycles. The Morgan fingerprint density at radius 3 is 2.50 bits per heavy atom. The number of carbonyl (C=O) groups is 1. The van der Waals surface area contributed by atoms with E-state index >= 15 is 0 Å². The molecule has 0 radical (unpaired) electrons. The van der Waals surface area contributed by atoms with Gasteiger partial charge in [-0.25, -0.2) is 9.37 Å². The van der Waals surface area contributed by atoms with Gasteiger partial charge in [-0.1, -0.05) is 6.07 Å². The summed E-state index contributed by atoms with van der Waals surface area (Å²) >= 11 is 0. The number of rotatable bonds is 5. The minimum Gasteiger partial charge on any atom is -0.348 e. The SMILES string of the molecule is CN(C)c1nc(C(=O)NC(c2ccc(C(F)(F)F)c(F)c2)C2CC2)cc(=O)[nH]1. The van der Waals surface area contributed by atoms with E-state index in [0.29, 0.717) is 6.07 Å². The first-order chi connectivity index (χ1) is 13.1. The van der Waals surface area contributed by atoms with Crippen molar-refractivity contribution in [1.82, 2.24) is 15.3 Å². The maximum Gasteiger partial charge on any atom is 0.419 e. The van der Waals surface area contributed by atoms with Crippen LogP contribution in [-0.2, 0) is 6.18 Å². The van der Waals surface area contributed by atoms with Crippen LogP contribution in [-0.4, -0.2) is 30.0 Å². The second kappa shape index (κ2) is 7.25. The Kier molecular flexibility index (Phi) is 5.14. The molecule has 1 aliphatic carbocycles. The minimum atomic E-state index is -4.79. The Hall–Kier alpha value is -2.91. The number of nitrogens with zero attached hydrogens (tertiary/aromatic N) is 2. The van der Waals surface area contributed by atoms with E-state index in [-0.39, 0.29) is 23.1 Å². The third-order valence-corrected chi connectivity index (χ3v) is 4.42. The molecule has 0 aliphatic heterocycles. The molecular formula is C18H18F4N4O2. The summed E-state index contributed by atoms with van der Waals surface area (Å²) in [5, 5.41) is 2.67. The highest BCUT2D eigenvalue weighted by atomic mass is 19.4. The van der Waals surface area contributed by atoms with Crippen molar-refractivity contribution in [3.63, 3.8) is 0 Å². The Morgan fingerprint density at radius 2 is 1.96 bits per heavy atom. The first-order valence-corrected chi connectivity index (χ1v) is 8.52. The van der Waals surface area contributed by atoms with Gasteiger partial charge in [0.1, 0.15) is 11.5 Å². The van der Waals surface area contributed by atoms with Gasteiger partial charge in [-0.15, -0.1) is 0 Å². The zero-order chi connectivity index (χ0) is 20.6. The molecule has 0 spiro atoms. The van der Waals surface area contributed by atoms with Crippen molar-refractivity contribution in [2.24, 2.45) is 5.92 Å². The highest BCUT2D eigenvalue weighted by Gasteiger charge is 2.37. The number of aromatic nitrogens is 2. The maximum absolute atomic E-state index is 13.9. The van der Waals surface area contributed by atoms with Crippen LogP contribution in [0, 0.1) is 11.7 Å². The molecule has 0 bridgehead atoms. The minimum absolute atomic E-state index is 0.0181. The lowest BCUT2D eigenvalue weighted by Gasteiger charge is -2.20. The van der Waals surface area contributed by atoms with Crippen LogP contribution in [0.3, 0.4) is 0 Å². The van der Waals surface area contributed by atoms with Gasteiger partial charge in [0.25, 0.3) is 11.5 Å². The van der Waals surface area contributed by atoms with E-state index in [0.717, 1.165) is 31.0 Å². The van der Waals surface area contributed by atoms with Crippen LogP contribution < -0.4 is 15.8 Å². The highest BCUT2D eigenvalue weighted by molar-refractivity contribution is 5.92. The summed E-state index contributed by atoms with van der Waals surface area (Å²) in [7, 11) is 3.27. The smallest absolute Gasteiger partial charge is 0.348 e. The van der Waals surface area contributed by atoms with Crippen molar-refractivity contribution in [2.45, 2.75) is 25.1 Å². The van der Waals surface area contributed by atoms with Gasteiger partial charge >= 0.3 is 6.18 Å². The summed E-state index contributed by atoms with van der Waals surface area (Å²) in [6.07, 6.45) is -3.29. The summed E-state index contributed by atoms with van der Waals surface area (Å²) in [6.45, 7) is 0. The molecule has 2 N–H and O–H groups in total. The van der Waals surface area contributed by atoms with Crippen molar-refractivity contribution >= 4 is 11.9 Å². The van der Waals surface area contributed by atoms with Crippen molar-refractivity contribution in [2.75, 3.05) is 19.0 Å². The number of aromatic amines is 1. The van der Waals surface area contributed by atoms with E-state index in [9.17, 15) is 27.2 Å². The first-order valence-electron chi connectivity index (χ1n) is 8.52. The number of H-pyrrole nitrogens is 1. The van der Waals surface area contributed by atoms with Gasteiger partial charge in [0.05, 0.1) is 11.6 Å². The molecule has 1 fully saturated rings. The molecule has 2 aromatic rings. The molecule has 1 aliphatic rings. The molecule has 150 valence electrons. The summed E-state index contributed by atoms with van der Waals surface area (Å²) in [4.78, 5) is 32.4. The highest BCUT2D eigenvalue weighted by Crippen LogP contribution is 2.42. The number of anilines is 1. The van der Waals surface area contributed by atoms with Crippen LogP contribution in [0.25, 0.3) is 0 Å². The van der Waals surface area contributed by atoms with Crippen molar-refractivity contribution in [3.05, 3.63) is 57.3 Å². The zero-order valence-electron chi connectivity index (χ0n) is 15.1. The monoisotopic (exact) mass is 398 g/mol. The van der Waals surface area contributed by atoms with Crippen LogP contribution in [0.1, 0.15) is 40.5 Å². The summed E-state index contributed by atoms with van der Waals surface area (Å²) in [5.41, 5.74) is -1.78. The Labute approximate surface area is 157 Å². The third kappa shape index (κ3) is 4.32. The van der Waals surface area contributed by atoms with Gasteiger partial charge in [-0.05, 0) is 36.5 Å². The molecule has 1 aromatic heterocycles. The molecule has 1 atom stereocenters. The van der Waals surface area contributed by atoms with E-state index < -0.39 is 35.1 Å². The maximum atomic E-state index is 13.9. The molecule has 1 aromatic carbocycles. The number of amides is 1. The lowest BCUT2D eigenvalue weighted by Crippen LogP contribution is -2.32. The predicted molar refractivity (Wildman–Crippen MR) is 93.5 cm³/mol. The number of alkyl halides is 3. The van der Waals surface area contributed by atoms with Gasteiger partial charge in [-0.3, -0.25) is 14.6 Å². The topological polar surface area (TPSA) is 78.1 Å². The van der Waals surface area contributed by atoms with Crippen LogP contribution in [0.15, 0.2) is 29.1 Å². The van der Waals surface area contributed by atoms with Gasteiger partial charge in [0.15, 0.2) is 0 Å². The van der Waals surface area contributed by atoms with E-state index in [4.69, 9.17) is 0 Å². The molecule has 3 rings (SSSR count). The molecule has 1 heterocycles. The second-order valence-corrected chi connectivity index (χ2v) is 6.87. The van der Waals surface area contributed by atoms with Crippen LogP contribution in [0.5, 0.6) is 0 Å². The quantitative estimate of drug-likeness (QED) is 0.760. The number of benzene rings is 1. The molecule has 28 heavy (non-hydrogen) atoms. The normalized spacial score (nSPS) is 15.2. The number of halogens is 4. The Bertz CT molecular complexity index is 951. The van der Waals surface area contributed by atoms with E-state index in [1.54, 1.807) is 14.1 Å². The number of carbonyl (C=O) groups excluding carboxylic acids is 1. The number of hydrogen-bond acceptors (Lipinski definition) is 4. The average molecular weight is 398 g/mol. The fourth-order valence-electron chi connectivity index (χ4n) is 2.85.